The maximum Gasteiger partial charge on any atom is 0.0499 e. The second kappa shape index (κ2) is 6.50. The SMILES string of the molecule is CC(NCC1(CO)CCCCC1)c1ccc2c(c1)CCC2. The zero-order chi connectivity index (χ0) is 14.7. The molecule has 2 heteroatoms. The van der Waals surface area contributed by atoms with Crippen molar-refractivity contribution in [2.75, 3.05) is 13.2 Å². The van der Waals surface area contributed by atoms with Crippen LogP contribution in [0.15, 0.2) is 18.2 Å². The van der Waals surface area contributed by atoms with Gasteiger partial charge in [0.25, 0.3) is 0 Å². The predicted octanol–water partition coefficient (Wildman–Crippen LogP) is 3.77. The van der Waals surface area contributed by atoms with E-state index in [9.17, 15) is 5.11 Å². The van der Waals surface area contributed by atoms with Crippen LogP contribution in [0.25, 0.3) is 0 Å². The molecule has 0 saturated heterocycles. The number of fused-ring (bicyclic) bond motifs is 1. The number of aliphatic hydroxyl groups excluding tert-OH is 1. The van der Waals surface area contributed by atoms with Gasteiger partial charge < -0.3 is 10.4 Å². The molecule has 0 heterocycles. The smallest absolute Gasteiger partial charge is 0.0499 e. The zero-order valence-electron chi connectivity index (χ0n) is 13.3. The summed E-state index contributed by atoms with van der Waals surface area (Å²) >= 11 is 0. The number of rotatable bonds is 5. The van der Waals surface area contributed by atoms with E-state index in [1.807, 2.05) is 0 Å². The zero-order valence-corrected chi connectivity index (χ0v) is 13.3. The second-order valence-electron chi connectivity index (χ2n) is 7.20. The number of aryl methyl sites for hydroxylation is 2. The summed E-state index contributed by atoms with van der Waals surface area (Å²) < 4.78 is 0. The molecule has 0 amide bonds. The quantitative estimate of drug-likeness (QED) is 0.864. The fraction of sp³-hybridized carbons (Fsp3) is 0.684. The molecule has 1 fully saturated rings. The average Bonchev–Trinajstić information content (AvgIpc) is 3.01. The molecule has 0 radical (unpaired) electrons. The van der Waals surface area contributed by atoms with E-state index in [-0.39, 0.29) is 5.41 Å². The van der Waals surface area contributed by atoms with Crippen LogP contribution in [0.4, 0.5) is 0 Å². The van der Waals surface area contributed by atoms with Crippen LogP contribution in [-0.2, 0) is 12.8 Å². The number of nitrogens with one attached hydrogen (secondary N) is 1. The van der Waals surface area contributed by atoms with Crippen molar-refractivity contribution in [3.8, 4) is 0 Å². The minimum Gasteiger partial charge on any atom is -0.396 e. The molecule has 1 saturated carbocycles. The van der Waals surface area contributed by atoms with Crippen LogP contribution < -0.4 is 5.32 Å². The lowest BCUT2D eigenvalue weighted by Gasteiger charge is -2.36. The maximum atomic E-state index is 9.81. The summed E-state index contributed by atoms with van der Waals surface area (Å²) in [5, 5.41) is 13.5. The van der Waals surface area contributed by atoms with E-state index in [0.717, 1.165) is 6.54 Å². The van der Waals surface area contributed by atoms with Gasteiger partial charge >= 0.3 is 0 Å². The fourth-order valence-electron chi connectivity index (χ4n) is 4.04. The molecule has 0 aromatic heterocycles. The number of hydrogen-bond acceptors (Lipinski definition) is 2. The largest absolute Gasteiger partial charge is 0.396 e. The Morgan fingerprint density at radius 2 is 1.86 bits per heavy atom. The highest BCUT2D eigenvalue weighted by Crippen LogP contribution is 2.36. The molecule has 2 nitrogen and oxygen atoms in total. The van der Waals surface area contributed by atoms with Gasteiger partial charge in [-0.1, -0.05) is 37.5 Å². The van der Waals surface area contributed by atoms with E-state index in [1.165, 1.54) is 56.9 Å². The van der Waals surface area contributed by atoms with Gasteiger partial charge in [-0.2, -0.15) is 0 Å². The lowest BCUT2D eigenvalue weighted by atomic mass is 9.74. The summed E-state index contributed by atoms with van der Waals surface area (Å²) in [6.45, 7) is 3.53. The Labute approximate surface area is 129 Å². The first-order valence-electron chi connectivity index (χ1n) is 8.68. The Bertz CT molecular complexity index is 476. The molecule has 0 spiro atoms. The lowest BCUT2D eigenvalue weighted by Crippen LogP contribution is -2.40. The molecule has 1 aromatic carbocycles. The van der Waals surface area contributed by atoms with Gasteiger partial charge in [-0.15, -0.1) is 0 Å². The van der Waals surface area contributed by atoms with Gasteiger partial charge in [-0.25, -0.2) is 0 Å². The molecule has 2 N–H and O–H groups in total. The van der Waals surface area contributed by atoms with Gasteiger partial charge in [0.2, 0.25) is 0 Å². The van der Waals surface area contributed by atoms with Crippen molar-refractivity contribution in [3.05, 3.63) is 34.9 Å². The summed E-state index contributed by atoms with van der Waals surface area (Å²) in [6, 6.07) is 7.38. The van der Waals surface area contributed by atoms with E-state index in [1.54, 1.807) is 11.1 Å². The van der Waals surface area contributed by atoms with Crippen molar-refractivity contribution in [3.63, 3.8) is 0 Å². The molecular formula is C19H29NO. The maximum absolute atomic E-state index is 9.81. The normalized spacial score (nSPS) is 22.0. The van der Waals surface area contributed by atoms with Crippen LogP contribution in [0.2, 0.25) is 0 Å². The molecule has 2 aliphatic carbocycles. The Morgan fingerprint density at radius 1 is 1.10 bits per heavy atom. The summed E-state index contributed by atoms with van der Waals surface area (Å²) in [6.07, 6.45) is 10.0. The molecule has 116 valence electrons. The number of benzene rings is 1. The minimum absolute atomic E-state index is 0.128. The monoisotopic (exact) mass is 287 g/mol. The van der Waals surface area contributed by atoms with Gasteiger partial charge in [-0.3, -0.25) is 0 Å². The van der Waals surface area contributed by atoms with Gasteiger partial charge in [0.1, 0.15) is 0 Å². The standard InChI is InChI=1S/C19H29NO/c1-15(17-9-8-16-6-5-7-18(16)12-17)20-13-19(14-21)10-3-2-4-11-19/h8-9,12,15,20-21H,2-7,10-11,13-14H2,1H3. The molecule has 3 rings (SSSR count). The summed E-state index contributed by atoms with van der Waals surface area (Å²) in [7, 11) is 0. The summed E-state index contributed by atoms with van der Waals surface area (Å²) in [5.41, 5.74) is 4.63. The lowest BCUT2D eigenvalue weighted by molar-refractivity contribution is 0.0789. The van der Waals surface area contributed by atoms with Crippen molar-refractivity contribution < 1.29 is 5.11 Å². The highest BCUT2D eigenvalue weighted by Gasteiger charge is 2.31. The number of aliphatic hydroxyl groups is 1. The number of hydrogen-bond donors (Lipinski definition) is 2. The van der Waals surface area contributed by atoms with Crippen LogP contribution in [-0.4, -0.2) is 18.3 Å². The Morgan fingerprint density at radius 3 is 2.62 bits per heavy atom. The third kappa shape index (κ3) is 3.32. The van der Waals surface area contributed by atoms with E-state index in [0.29, 0.717) is 12.6 Å². The molecule has 21 heavy (non-hydrogen) atoms. The van der Waals surface area contributed by atoms with Crippen LogP contribution >= 0.6 is 0 Å². The third-order valence-corrected chi connectivity index (χ3v) is 5.66. The summed E-state index contributed by atoms with van der Waals surface area (Å²) in [4.78, 5) is 0. The second-order valence-corrected chi connectivity index (χ2v) is 7.20. The third-order valence-electron chi connectivity index (χ3n) is 5.66. The van der Waals surface area contributed by atoms with Crippen LogP contribution in [0.5, 0.6) is 0 Å². The molecule has 1 atom stereocenters. The van der Waals surface area contributed by atoms with Crippen LogP contribution in [0.1, 0.15) is 68.2 Å². The van der Waals surface area contributed by atoms with E-state index >= 15 is 0 Å². The Kier molecular flexibility index (Phi) is 4.66. The van der Waals surface area contributed by atoms with Gasteiger partial charge in [-0.05, 0) is 55.7 Å². The van der Waals surface area contributed by atoms with Crippen molar-refractivity contribution in [1.29, 1.82) is 0 Å². The van der Waals surface area contributed by atoms with E-state index in [4.69, 9.17) is 0 Å². The molecule has 0 aliphatic heterocycles. The van der Waals surface area contributed by atoms with Crippen LogP contribution in [0, 0.1) is 5.41 Å². The van der Waals surface area contributed by atoms with Gasteiger partial charge in [0, 0.05) is 24.6 Å². The van der Waals surface area contributed by atoms with Crippen molar-refractivity contribution >= 4 is 0 Å². The highest BCUT2D eigenvalue weighted by atomic mass is 16.3. The van der Waals surface area contributed by atoms with Crippen molar-refractivity contribution in [1.82, 2.24) is 5.32 Å². The molecule has 1 unspecified atom stereocenters. The van der Waals surface area contributed by atoms with Gasteiger partial charge in [0.05, 0.1) is 0 Å². The Balaban J connectivity index is 1.62. The average molecular weight is 287 g/mol. The van der Waals surface area contributed by atoms with E-state index < -0.39 is 0 Å². The van der Waals surface area contributed by atoms with Gasteiger partial charge in [0.15, 0.2) is 0 Å². The molecule has 2 aliphatic rings. The molecular weight excluding hydrogens is 258 g/mol. The fourth-order valence-corrected chi connectivity index (χ4v) is 4.04. The summed E-state index contributed by atoms with van der Waals surface area (Å²) in [5.74, 6) is 0. The van der Waals surface area contributed by atoms with Crippen molar-refractivity contribution in [2.45, 2.75) is 64.3 Å². The van der Waals surface area contributed by atoms with Crippen LogP contribution in [0.3, 0.4) is 0 Å². The first kappa shape index (κ1) is 15.1. The minimum atomic E-state index is 0.128. The molecule has 1 aromatic rings. The first-order chi connectivity index (χ1) is 10.2. The Hall–Kier alpha value is -0.860. The predicted molar refractivity (Wildman–Crippen MR) is 87.5 cm³/mol. The topological polar surface area (TPSA) is 32.3 Å². The first-order valence-corrected chi connectivity index (χ1v) is 8.68. The van der Waals surface area contributed by atoms with E-state index in [2.05, 4.69) is 30.4 Å². The highest BCUT2D eigenvalue weighted by molar-refractivity contribution is 5.36. The van der Waals surface area contributed by atoms with Crippen molar-refractivity contribution in [2.24, 2.45) is 5.41 Å². The molecule has 0 bridgehead atoms.